The molecule has 3 heteroatoms. The third-order valence-electron chi connectivity index (χ3n) is 2.91. The summed E-state index contributed by atoms with van der Waals surface area (Å²) in [6.07, 6.45) is 0. The van der Waals surface area contributed by atoms with Crippen LogP contribution in [0.3, 0.4) is 0 Å². The van der Waals surface area contributed by atoms with Crippen LogP contribution in [-0.2, 0) is 0 Å². The molecule has 0 radical (unpaired) electrons. The molecule has 0 aliphatic carbocycles. The smallest absolute Gasteiger partial charge is 0.135 e. The zero-order valence-electron chi connectivity index (χ0n) is 9.71. The van der Waals surface area contributed by atoms with E-state index in [4.69, 9.17) is 4.42 Å². The molecule has 3 aromatic rings. The number of rotatable bonds is 1. The highest BCUT2D eigenvalue weighted by atomic mass is 79.9. The molecular formula is C15H10BrFO. The SMILES string of the molecule is Cc1cc2oc(-c3cccc(Br)c3)cc2cc1F. The minimum atomic E-state index is -0.205. The lowest BCUT2D eigenvalue weighted by Gasteiger charge is -1.96. The molecule has 90 valence electrons. The average Bonchev–Trinajstić information content (AvgIpc) is 2.73. The maximum absolute atomic E-state index is 13.5. The Labute approximate surface area is 112 Å². The maximum Gasteiger partial charge on any atom is 0.135 e. The molecule has 0 N–H and O–H groups in total. The molecule has 0 spiro atoms. The van der Waals surface area contributed by atoms with Gasteiger partial charge in [0.15, 0.2) is 0 Å². The van der Waals surface area contributed by atoms with E-state index in [9.17, 15) is 4.39 Å². The van der Waals surface area contributed by atoms with Crippen LogP contribution in [0.5, 0.6) is 0 Å². The van der Waals surface area contributed by atoms with E-state index in [0.29, 0.717) is 11.1 Å². The Balaban J connectivity index is 2.19. The fraction of sp³-hybridized carbons (Fsp3) is 0.0667. The van der Waals surface area contributed by atoms with Gasteiger partial charge >= 0.3 is 0 Å². The molecule has 0 aliphatic heterocycles. The van der Waals surface area contributed by atoms with Crippen molar-refractivity contribution in [2.75, 3.05) is 0 Å². The van der Waals surface area contributed by atoms with E-state index in [-0.39, 0.29) is 5.82 Å². The highest BCUT2D eigenvalue weighted by molar-refractivity contribution is 9.10. The molecule has 0 bridgehead atoms. The fourth-order valence-electron chi connectivity index (χ4n) is 1.94. The molecule has 0 amide bonds. The summed E-state index contributed by atoms with van der Waals surface area (Å²) in [4.78, 5) is 0. The van der Waals surface area contributed by atoms with Crippen molar-refractivity contribution in [1.82, 2.24) is 0 Å². The number of aryl methyl sites for hydroxylation is 1. The summed E-state index contributed by atoms with van der Waals surface area (Å²) >= 11 is 3.42. The molecule has 0 aliphatic rings. The van der Waals surface area contributed by atoms with Crippen LogP contribution in [0.25, 0.3) is 22.3 Å². The lowest BCUT2D eigenvalue weighted by molar-refractivity contribution is 0.612. The van der Waals surface area contributed by atoms with E-state index in [1.54, 1.807) is 13.0 Å². The molecule has 0 saturated heterocycles. The third kappa shape index (κ3) is 1.95. The average molecular weight is 305 g/mol. The lowest BCUT2D eigenvalue weighted by atomic mass is 10.1. The zero-order chi connectivity index (χ0) is 12.7. The molecule has 1 heterocycles. The van der Waals surface area contributed by atoms with Crippen LogP contribution in [0.15, 0.2) is 51.4 Å². The first-order valence-electron chi connectivity index (χ1n) is 5.59. The van der Waals surface area contributed by atoms with Gasteiger partial charge in [0.05, 0.1) is 0 Å². The van der Waals surface area contributed by atoms with Gasteiger partial charge < -0.3 is 4.42 Å². The molecule has 0 saturated carbocycles. The molecule has 0 unspecified atom stereocenters. The second-order valence-corrected chi connectivity index (χ2v) is 5.18. The van der Waals surface area contributed by atoms with E-state index in [1.807, 2.05) is 30.3 Å². The van der Waals surface area contributed by atoms with Crippen molar-refractivity contribution in [3.63, 3.8) is 0 Å². The van der Waals surface area contributed by atoms with Gasteiger partial charge in [0.1, 0.15) is 17.2 Å². The molecule has 18 heavy (non-hydrogen) atoms. The Hall–Kier alpha value is -1.61. The van der Waals surface area contributed by atoms with Gasteiger partial charge in [-0.05, 0) is 42.8 Å². The van der Waals surface area contributed by atoms with Crippen molar-refractivity contribution < 1.29 is 8.81 Å². The first-order valence-corrected chi connectivity index (χ1v) is 6.38. The maximum atomic E-state index is 13.5. The van der Waals surface area contributed by atoms with Gasteiger partial charge in [-0.1, -0.05) is 28.1 Å². The quantitative estimate of drug-likeness (QED) is 0.594. The van der Waals surface area contributed by atoms with Gasteiger partial charge in [0.25, 0.3) is 0 Å². The Kier molecular flexibility index (Phi) is 2.71. The predicted octanol–water partition coefficient (Wildman–Crippen LogP) is 5.31. The number of hydrogen-bond donors (Lipinski definition) is 0. The molecule has 1 nitrogen and oxygen atoms in total. The predicted molar refractivity (Wildman–Crippen MR) is 74.0 cm³/mol. The minimum absolute atomic E-state index is 0.205. The summed E-state index contributed by atoms with van der Waals surface area (Å²) < 4.78 is 20.2. The van der Waals surface area contributed by atoms with Crippen LogP contribution in [-0.4, -0.2) is 0 Å². The van der Waals surface area contributed by atoms with Crippen molar-refractivity contribution in [3.05, 3.63) is 58.3 Å². The van der Waals surface area contributed by atoms with E-state index in [1.165, 1.54) is 6.07 Å². The van der Waals surface area contributed by atoms with Crippen molar-refractivity contribution >= 4 is 26.9 Å². The van der Waals surface area contributed by atoms with Crippen LogP contribution < -0.4 is 0 Å². The molecule has 2 aromatic carbocycles. The Bertz CT molecular complexity index is 691. The first kappa shape index (κ1) is 11.5. The van der Waals surface area contributed by atoms with Crippen molar-refractivity contribution in [1.29, 1.82) is 0 Å². The van der Waals surface area contributed by atoms with Gasteiger partial charge in [-0.2, -0.15) is 0 Å². The Morgan fingerprint density at radius 3 is 2.72 bits per heavy atom. The standard InChI is InChI=1S/C15H10BrFO/c1-9-5-14-11(7-13(9)17)8-15(18-14)10-3-2-4-12(16)6-10/h2-8H,1H3. The van der Waals surface area contributed by atoms with Gasteiger partial charge in [-0.15, -0.1) is 0 Å². The van der Waals surface area contributed by atoms with Crippen LogP contribution in [0, 0.1) is 12.7 Å². The van der Waals surface area contributed by atoms with Gasteiger partial charge in [0, 0.05) is 15.4 Å². The first-order chi connectivity index (χ1) is 8.63. The largest absolute Gasteiger partial charge is 0.456 e. The van der Waals surface area contributed by atoms with Crippen LogP contribution >= 0.6 is 15.9 Å². The van der Waals surface area contributed by atoms with Crippen LogP contribution in [0.4, 0.5) is 4.39 Å². The third-order valence-corrected chi connectivity index (χ3v) is 3.40. The van der Waals surface area contributed by atoms with Crippen molar-refractivity contribution in [2.45, 2.75) is 6.92 Å². The number of benzene rings is 2. The highest BCUT2D eigenvalue weighted by Crippen LogP contribution is 2.30. The van der Waals surface area contributed by atoms with Gasteiger partial charge in [-0.3, -0.25) is 0 Å². The second-order valence-electron chi connectivity index (χ2n) is 4.26. The number of fused-ring (bicyclic) bond motifs is 1. The van der Waals surface area contributed by atoms with Crippen molar-refractivity contribution in [3.8, 4) is 11.3 Å². The number of halogens is 2. The Morgan fingerprint density at radius 2 is 1.94 bits per heavy atom. The summed E-state index contributed by atoms with van der Waals surface area (Å²) in [6.45, 7) is 1.73. The summed E-state index contributed by atoms with van der Waals surface area (Å²) in [5.74, 6) is 0.542. The second kappa shape index (κ2) is 4.25. The fourth-order valence-corrected chi connectivity index (χ4v) is 2.34. The topological polar surface area (TPSA) is 13.1 Å². The zero-order valence-corrected chi connectivity index (χ0v) is 11.3. The summed E-state index contributed by atoms with van der Waals surface area (Å²) in [5, 5.41) is 0.785. The van der Waals surface area contributed by atoms with Gasteiger partial charge in [0.2, 0.25) is 0 Å². The van der Waals surface area contributed by atoms with Crippen LogP contribution in [0.1, 0.15) is 5.56 Å². The molecule has 1 aromatic heterocycles. The van der Waals surface area contributed by atoms with E-state index in [0.717, 1.165) is 21.2 Å². The van der Waals surface area contributed by atoms with E-state index in [2.05, 4.69) is 15.9 Å². The molecule has 0 atom stereocenters. The monoisotopic (exact) mass is 304 g/mol. The molecule has 3 rings (SSSR count). The van der Waals surface area contributed by atoms with Gasteiger partial charge in [-0.25, -0.2) is 4.39 Å². The molecule has 0 fully saturated rings. The summed E-state index contributed by atoms with van der Waals surface area (Å²) in [7, 11) is 0. The number of furan rings is 1. The minimum Gasteiger partial charge on any atom is -0.456 e. The van der Waals surface area contributed by atoms with Crippen molar-refractivity contribution in [2.24, 2.45) is 0 Å². The van der Waals surface area contributed by atoms with E-state index >= 15 is 0 Å². The van der Waals surface area contributed by atoms with Crippen LogP contribution in [0.2, 0.25) is 0 Å². The summed E-state index contributed by atoms with van der Waals surface area (Å²) in [6, 6.07) is 12.9. The lowest BCUT2D eigenvalue weighted by Crippen LogP contribution is -1.79. The highest BCUT2D eigenvalue weighted by Gasteiger charge is 2.09. The molecular weight excluding hydrogens is 295 g/mol. The summed E-state index contributed by atoms with van der Waals surface area (Å²) in [5.41, 5.74) is 2.28. The number of hydrogen-bond acceptors (Lipinski definition) is 1. The normalized spacial score (nSPS) is 11.1. The Morgan fingerprint density at radius 1 is 1.11 bits per heavy atom. The van der Waals surface area contributed by atoms with E-state index < -0.39 is 0 Å².